The van der Waals surface area contributed by atoms with Gasteiger partial charge in [0.15, 0.2) is 5.78 Å². The number of nitrogens with zero attached hydrogens (tertiary/aromatic N) is 3. The molecule has 0 aliphatic carbocycles. The lowest BCUT2D eigenvalue weighted by molar-refractivity contribution is -0.138. The van der Waals surface area contributed by atoms with E-state index in [1.54, 1.807) is 12.1 Å². The van der Waals surface area contributed by atoms with E-state index >= 15 is 0 Å². The first-order valence-electron chi connectivity index (χ1n) is 14.2. The van der Waals surface area contributed by atoms with Crippen LogP contribution in [0.3, 0.4) is 0 Å². The maximum Gasteiger partial charge on any atom is 0.293 e. The second kappa shape index (κ2) is 12.0. The maximum atomic E-state index is 14.0. The van der Waals surface area contributed by atoms with E-state index < -0.39 is 63.2 Å². The number of hydrogen-bond donors (Lipinski definition) is 1. The molecule has 2 saturated heterocycles. The Kier molecular flexibility index (Phi) is 8.50. The minimum Gasteiger partial charge on any atom is -0.340 e. The van der Waals surface area contributed by atoms with E-state index in [2.05, 4.69) is 10.3 Å². The molecule has 1 aromatic heterocycles. The molecule has 10 nitrogen and oxygen atoms in total. The Hall–Kier alpha value is -4.29. The van der Waals surface area contributed by atoms with Crippen molar-refractivity contribution in [2.45, 2.75) is 57.2 Å². The summed E-state index contributed by atoms with van der Waals surface area (Å²) in [5.74, 6) is -2.06. The van der Waals surface area contributed by atoms with Crippen LogP contribution in [-0.4, -0.2) is 76.5 Å². The maximum absolute atomic E-state index is 14.0. The molecule has 0 bridgehead atoms. The van der Waals surface area contributed by atoms with Crippen molar-refractivity contribution in [1.29, 1.82) is 0 Å². The van der Waals surface area contributed by atoms with Crippen LogP contribution in [0.15, 0.2) is 73.1 Å². The number of hydrogen-bond acceptors (Lipinski definition) is 7. The molecule has 2 fully saturated rings. The number of benzene rings is 2. The van der Waals surface area contributed by atoms with Gasteiger partial charge < -0.3 is 10.2 Å². The van der Waals surface area contributed by atoms with Gasteiger partial charge in [-0.1, -0.05) is 45.0 Å². The molecular weight excluding hydrogens is 587 g/mol. The number of pyridine rings is 1. The molecule has 12 heteroatoms. The fourth-order valence-corrected chi connectivity index (χ4v) is 7.21. The molecule has 2 aliphatic rings. The fraction of sp³-hybridized carbons (Fsp3) is 0.344. The standard InChI is InChI=1S/C32H33FN4O6S/c1-32(2,3)23-10-8-21(9-11-23)29(39)35-25(17-20-6-12-24(33)13-7-20)30(40)36-16-14-26-28(36)27(38)19-37(26)44(42,43)31(41)22-5-4-15-34-18-22/h4-13,15,18,25-26,28H,14,16-17,19H2,1-3H3,(H,35,39). The van der Waals surface area contributed by atoms with Crippen LogP contribution >= 0.6 is 0 Å². The van der Waals surface area contributed by atoms with Gasteiger partial charge in [-0.3, -0.25) is 24.2 Å². The van der Waals surface area contributed by atoms with Crippen LogP contribution < -0.4 is 5.32 Å². The first-order chi connectivity index (χ1) is 20.8. The number of fused-ring (bicyclic) bond motifs is 1. The third kappa shape index (κ3) is 6.18. The van der Waals surface area contributed by atoms with E-state index in [-0.39, 0.29) is 30.4 Å². The molecule has 44 heavy (non-hydrogen) atoms. The highest BCUT2D eigenvalue weighted by Crippen LogP contribution is 2.33. The number of carbonyl (C=O) groups is 4. The third-order valence-corrected chi connectivity index (χ3v) is 9.79. The number of nitrogens with one attached hydrogen (secondary N) is 1. The van der Waals surface area contributed by atoms with Gasteiger partial charge in [-0.25, -0.2) is 12.8 Å². The number of likely N-dealkylation sites (tertiary alicyclic amines) is 1. The van der Waals surface area contributed by atoms with Crippen LogP contribution in [0.2, 0.25) is 0 Å². The topological polar surface area (TPSA) is 134 Å². The summed E-state index contributed by atoms with van der Waals surface area (Å²) in [5.41, 5.74) is 1.68. The molecule has 0 saturated carbocycles. The largest absolute Gasteiger partial charge is 0.340 e. The van der Waals surface area contributed by atoms with Gasteiger partial charge in [0.25, 0.3) is 21.0 Å². The van der Waals surface area contributed by atoms with Crippen LogP contribution in [0.4, 0.5) is 4.39 Å². The molecule has 0 spiro atoms. The van der Waals surface area contributed by atoms with Crippen molar-refractivity contribution in [1.82, 2.24) is 19.5 Å². The van der Waals surface area contributed by atoms with Gasteiger partial charge in [-0.2, -0.15) is 4.31 Å². The smallest absolute Gasteiger partial charge is 0.293 e. The van der Waals surface area contributed by atoms with Crippen LogP contribution in [-0.2, 0) is 31.4 Å². The Bertz CT molecular complexity index is 1690. The van der Waals surface area contributed by atoms with Crippen molar-refractivity contribution in [2.24, 2.45) is 0 Å². The number of carbonyl (C=O) groups excluding carboxylic acids is 4. The third-order valence-electron chi connectivity index (χ3n) is 8.07. The van der Waals surface area contributed by atoms with Crippen LogP contribution in [0.1, 0.15) is 59.0 Å². The summed E-state index contributed by atoms with van der Waals surface area (Å²) in [6.45, 7) is 5.64. The number of rotatable bonds is 7. The van der Waals surface area contributed by atoms with Crippen molar-refractivity contribution in [3.05, 3.63) is 101 Å². The van der Waals surface area contributed by atoms with E-state index in [0.717, 1.165) is 16.1 Å². The van der Waals surface area contributed by atoms with Crippen molar-refractivity contribution in [3.63, 3.8) is 0 Å². The van der Waals surface area contributed by atoms with E-state index in [9.17, 15) is 32.0 Å². The molecule has 2 amide bonds. The molecule has 2 aromatic carbocycles. The first kappa shape index (κ1) is 31.1. The predicted octanol–water partition coefficient (Wildman–Crippen LogP) is 2.88. The molecule has 5 rings (SSSR count). The van der Waals surface area contributed by atoms with E-state index in [0.29, 0.717) is 11.1 Å². The van der Waals surface area contributed by atoms with Gasteiger partial charge in [0.2, 0.25) is 5.91 Å². The summed E-state index contributed by atoms with van der Waals surface area (Å²) >= 11 is 0. The molecule has 0 radical (unpaired) electrons. The summed E-state index contributed by atoms with van der Waals surface area (Å²) in [4.78, 5) is 58.5. The van der Waals surface area contributed by atoms with Gasteiger partial charge in [-0.15, -0.1) is 0 Å². The summed E-state index contributed by atoms with van der Waals surface area (Å²) < 4.78 is 41.1. The molecule has 3 unspecified atom stereocenters. The first-order valence-corrected chi connectivity index (χ1v) is 15.7. The number of aromatic nitrogens is 1. The lowest BCUT2D eigenvalue weighted by Crippen LogP contribution is -2.53. The summed E-state index contributed by atoms with van der Waals surface area (Å²) in [6, 6.07) is 12.1. The Labute approximate surface area is 255 Å². The lowest BCUT2D eigenvalue weighted by atomic mass is 9.86. The minimum absolute atomic E-state index is 0.00844. The number of sulfonamides is 1. The van der Waals surface area contributed by atoms with Crippen molar-refractivity contribution >= 4 is 32.7 Å². The predicted molar refractivity (Wildman–Crippen MR) is 160 cm³/mol. The van der Waals surface area contributed by atoms with Crippen LogP contribution in [0.25, 0.3) is 0 Å². The highest BCUT2D eigenvalue weighted by atomic mass is 32.2. The number of ketones is 1. The Morgan fingerprint density at radius 1 is 1.02 bits per heavy atom. The molecule has 3 heterocycles. The highest BCUT2D eigenvalue weighted by molar-refractivity contribution is 8.04. The SMILES string of the molecule is CC(C)(C)c1ccc(C(=O)NC(Cc2ccc(F)cc2)C(=O)N2CCC3C2C(=O)CN3S(=O)(=O)C(=O)c2cccnc2)cc1. The van der Waals surface area contributed by atoms with E-state index in [1.165, 1.54) is 47.5 Å². The second-order valence-corrected chi connectivity index (χ2v) is 13.9. The van der Waals surface area contributed by atoms with E-state index in [4.69, 9.17) is 0 Å². The fourth-order valence-electron chi connectivity index (χ4n) is 5.70. The normalized spacial score (nSPS) is 19.5. The Morgan fingerprint density at radius 2 is 1.70 bits per heavy atom. The zero-order valence-corrected chi connectivity index (χ0v) is 25.4. The second-order valence-electron chi connectivity index (χ2n) is 12.1. The van der Waals surface area contributed by atoms with Crippen molar-refractivity contribution in [3.8, 4) is 0 Å². The van der Waals surface area contributed by atoms with Gasteiger partial charge in [0.1, 0.15) is 17.9 Å². The summed E-state index contributed by atoms with van der Waals surface area (Å²) in [5, 5.41) is 1.60. The van der Waals surface area contributed by atoms with Crippen LogP contribution in [0.5, 0.6) is 0 Å². The average molecular weight is 621 g/mol. The lowest BCUT2D eigenvalue weighted by Gasteiger charge is -2.28. The van der Waals surface area contributed by atoms with Gasteiger partial charge >= 0.3 is 0 Å². The van der Waals surface area contributed by atoms with Gasteiger partial charge in [-0.05, 0) is 59.4 Å². The number of Topliss-reactive ketones (excluding diaryl/α,β-unsaturated/α-hetero) is 1. The average Bonchev–Trinajstić information content (AvgIpc) is 3.58. The molecule has 3 atom stereocenters. The molecule has 3 aromatic rings. The molecule has 230 valence electrons. The van der Waals surface area contributed by atoms with Crippen molar-refractivity contribution in [2.75, 3.05) is 13.1 Å². The summed E-state index contributed by atoms with van der Waals surface area (Å²) in [7, 11) is -4.58. The van der Waals surface area contributed by atoms with E-state index in [1.807, 2.05) is 32.9 Å². The molecular formula is C32H33FN4O6S. The van der Waals surface area contributed by atoms with Gasteiger partial charge in [0.05, 0.1) is 18.2 Å². The molecule has 2 aliphatic heterocycles. The van der Waals surface area contributed by atoms with Crippen LogP contribution in [0, 0.1) is 5.82 Å². The highest BCUT2D eigenvalue weighted by Gasteiger charge is 2.55. The number of amides is 2. The minimum atomic E-state index is -4.58. The van der Waals surface area contributed by atoms with Crippen molar-refractivity contribution < 1.29 is 32.0 Å². The molecule has 1 N–H and O–H groups in total. The zero-order chi connectivity index (χ0) is 31.8. The quantitative estimate of drug-likeness (QED) is 0.430. The monoisotopic (exact) mass is 620 g/mol. The summed E-state index contributed by atoms with van der Waals surface area (Å²) in [6.07, 6.45) is 2.68. The Morgan fingerprint density at radius 3 is 2.32 bits per heavy atom. The Balaban J connectivity index is 1.39. The zero-order valence-electron chi connectivity index (χ0n) is 24.6. The number of halogens is 1. The van der Waals surface area contributed by atoms with Gasteiger partial charge in [0, 0.05) is 30.9 Å².